The second kappa shape index (κ2) is 5.20. The molecule has 0 radical (unpaired) electrons. The summed E-state index contributed by atoms with van der Waals surface area (Å²) in [5.74, 6) is 2.53. The molecule has 88 valence electrons. The van der Waals surface area contributed by atoms with Gasteiger partial charge in [0.05, 0.1) is 5.69 Å². The van der Waals surface area contributed by atoms with Crippen LogP contribution in [-0.2, 0) is 4.79 Å². The molecule has 18 heavy (non-hydrogen) atoms. The van der Waals surface area contributed by atoms with Crippen LogP contribution in [0.25, 0.3) is 0 Å². The first-order chi connectivity index (χ1) is 8.72. The number of hydrogen-bond donors (Lipinski definition) is 0. The number of nitrogens with zero attached hydrogens (tertiary/aromatic N) is 1. The van der Waals surface area contributed by atoms with Gasteiger partial charge in [0.1, 0.15) is 0 Å². The van der Waals surface area contributed by atoms with Gasteiger partial charge >= 0.3 is 0 Å². The van der Waals surface area contributed by atoms with E-state index in [1.165, 1.54) is 6.92 Å². The first-order valence-corrected chi connectivity index (χ1v) is 5.65. The van der Waals surface area contributed by atoms with Gasteiger partial charge in [-0.25, -0.2) is 0 Å². The fourth-order valence-corrected chi connectivity index (χ4v) is 1.82. The molecule has 0 saturated heterocycles. The summed E-state index contributed by atoms with van der Waals surface area (Å²) >= 11 is 0. The Labute approximate surface area is 107 Å². The minimum absolute atomic E-state index is 0.0460. The van der Waals surface area contributed by atoms with Crippen LogP contribution in [0.3, 0.4) is 0 Å². The van der Waals surface area contributed by atoms with Crippen molar-refractivity contribution in [3.63, 3.8) is 0 Å². The number of terminal acetylenes is 1. The monoisotopic (exact) mass is 235 g/mol. The van der Waals surface area contributed by atoms with E-state index in [2.05, 4.69) is 5.92 Å². The molecular formula is C16H13NO. The van der Waals surface area contributed by atoms with Crippen molar-refractivity contribution >= 4 is 17.3 Å². The number of anilines is 2. The normalized spacial score (nSPS) is 9.56. The van der Waals surface area contributed by atoms with Gasteiger partial charge in [0.15, 0.2) is 0 Å². The Balaban J connectivity index is 2.49. The highest BCUT2D eigenvalue weighted by Crippen LogP contribution is 2.25. The van der Waals surface area contributed by atoms with Crippen LogP contribution in [0.4, 0.5) is 11.4 Å². The average Bonchev–Trinajstić information content (AvgIpc) is 2.40. The molecule has 2 aromatic carbocycles. The lowest BCUT2D eigenvalue weighted by Crippen LogP contribution is -2.22. The molecule has 0 saturated carbocycles. The molecule has 0 aromatic heterocycles. The molecule has 0 bridgehead atoms. The van der Waals surface area contributed by atoms with Gasteiger partial charge in [-0.1, -0.05) is 30.2 Å². The predicted molar refractivity (Wildman–Crippen MR) is 73.6 cm³/mol. The van der Waals surface area contributed by atoms with Crippen molar-refractivity contribution in [1.82, 2.24) is 0 Å². The smallest absolute Gasteiger partial charge is 0.228 e. The number of carbonyl (C=O) groups is 1. The third-order valence-corrected chi connectivity index (χ3v) is 2.60. The van der Waals surface area contributed by atoms with Gasteiger partial charge in [-0.05, 0) is 30.3 Å². The van der Waals surface area contributed by atoms with Gasteiger partial charge in [-0.2, -0.15) is 0 Å². The molecule has 0 N–H and O–H groups in total. The standard InChI is InChI=1S/C16H13NO/c1-3-14-8-7-11-16(12-14)17(13(2)18)15-9-5-4-6-10-15/h1,4-12H,2H3. The van der Waals surface area contributed by atoms with E-state index in [0.29, 0.717) is 0 Å². The first kappa shape index (κ1) is 11.9. The summed E-state index contributed by atoms with van der Waals surface area (Å²) in [6.45, 7) is 1.54. The zero-order chi connectivity index (χ0) is 13.0. The second-order valence-electron chi connectivity index (χ2n) is 3.88. The Kier molecular flexibility index (Phi) is 3.45. The van der Waals surface area contributed by atoms with E-state index in [0.717, 1.165) is 16.9 Å². The average molecular weight is 235 g/mol. The maximum atomic E-state index is 11.8. The van der Waals surface area contributed by atoms with Gasteiger partial charge in [0, 0.05) is 18.2 Å². The van der Waals surface area contributed by atoms with Crippen LogP contribution in [0.2, 0.25) is 0 Å². The predicted octanol–water partition coefficient (Wildman–Crippen LogP) is 3.35. The largest absolute Gasteiger partial charge is 0.281 e. The van der Waals surface area contributed by atoms with E-state index in [9.17, 15) is 4.79 Å². The molecule has 1 amide bonds. The first-order valence-electron chi connectivity index (χ1n) is 5.65. The van der Waals surface area contributed by atoms with Gasteiger partial charge in [-0.3, -0.25) is 9.69 Å². The van der Waals surface area contributed by atoms with Gasteiger partial charge in [0.25, 0.3) is 0 Å². The number of hydrogen-bond acceptors (Lipinski definition) is 1. The quantitative estimate of drug-likeness (QED) is 0.731. The summed E-state index contributed by atoms with van der Waals surface area (Å²) in [6, 6.07) is 16.9. The number of amides is 1. The Morgan fingerprint density at radius 2 is 1.72 bits per heavy atom. The Hall–Kier alpha value is -2.53. The van der Waals surface area contributed by atoms with Crippen molar-refractivity contribution < 1.29 is 4.79 Å². The highest BCUT2D eigenvalue weighted by Gasteiger charge is 2.13. The molecule has 0 aliphatic rings. The van der Waals surface area contributed by atoms with Crippen molar-refractivity contribution in [2.24, 2.45) is 0 Å². The van der Waals surface area contributed by atoms with Crippen LogP contribution in [0.15, 0.2) is 54.6 Å². The van der Waals surface area contributed by atoms with E-state index in [1.807, 2.05) is 54.6 Å². The molecule has 0 aliphatic carbocycles. The van der Waals surface area contributed by atoms with Crippen molar-refractivity contribution in [2.75, 3.05) is 4.90 Å². The van der Waals surface area contributed by atoms with Crippen molar-refractivity contribution in [2.45, 2.75) is 6.92 Å². The lowest BCUT2D eigenvalue weighted by Gasteiger charge is -2.21. The number of benzene rings is 2. The summed E-state index contributed by atoms with van der Waals surface area (Å²) in [6.07, 6.45) is 5.38. The van der Waals surface area contributed by atoms with E-state index in [4.69, 9.17) is 6.42 Å². The second-order valence-corrected chi connectivity index (χ2v) is 3.88. The van der Waals surface area contributed by atoms with Crippen molar-refractivity contribution in [3.8, 4) is 12.3 Å². The molecule has 0 fully saturated rings. The summed E-state index contributed by atoms with van der Waals surface area (Å²) in [5.41, 5.74) is 2.37. The number of carbonyl (C=O) groups excluding carboxylic acids is 1. The number of para-hydroxylation sites is 1. The molecule has 2 rings (SSSR count). The van der Waals surface area contributed by atoms with Crippen molar-refractivity contribution in [1.29, 1.82) is 0 Å². The SMILES string of the molecule is C#Cc1cccc(N(C(C)=O)c2ccccc2)c1. The van der Waals surface area contributed by atoms with Gasteiger partial charge < -0.3 is 0 Å². The zero-order valence-electron chi connectivity index (χ0n) is 10.1. The lowest BCUT2D eigenvalue weighted by atomic mass is 10.1. The Morgan fingerprint density at radius 1 is 1.06 bits per heavy atom. The van der Waals surface area contributed by atoms with Gasteiger partial charge in [-0.15, -0.1) is 6.42 Å². The van der Waals surface area contributed by atoms with E-state index in [-0.39, 0.29) is 5.91 Å². The molecule has 2 nitrogen and oxygen atoms in total. The van der Waals surface area contributed by atoms with E-state index in [1.54, 1.807) is 4.90 Å². The molecule has 0 heterocycles. The Bertz CT molecular complexity index is 596. The molecule has 0 unspecified atom stereocenters. The molecule has 0 aliphatic heterocycles. The zero-order valence-corrected chi connectivity index (χ0v) is 10.1. The summed E-state index contributed by atoms with van der Waals surface area (Å²) in [4.78, 5) is 13.5. The minimum atomic E-state index is -0.0460. The van der Waals surface area contributed by atoms with E-state index >= 15 is 0 Å². The Morgan fingerprint density at radius 3 is 2.33 bits per heavy atom. The molecule has 0 spiro atoms. The van der Waals surface area contributed by atoms with Crippen molar-refractivity contribution in [3.05, 3.63) is 60.2 Å². The van der Waals surface area contributed by atoms with Crippen LogP contribution in [0, 0.1) is 12.3 Å². The molecule has 2 heteroatoms. The molecular weight excluding hydrogens is 222 g/mol. The maximum Gasteiger partial charge on any atom is 0.228 e. The third-order valence-electron chi connectivity index (χ3n) is 2.60. The molecule has 2 aromatic rings. The highest BCUT2D eigenvalue weighted by molar-refractivity contribution is 5.99. The topological polar surface area (TPSA) is 20.3 Å². The fraction of sp³-hybridized carbons (Fsp3) is 0.0625. The van der Waals surface area contributed by atoms with Gasteiger partial charge in [0.2, 0.25) is 5.91 Å². The lowest BCUT2D eigenvalue weighted by molar-refractivity contribution is -0.115. The maximum absolute atomic E-state index is 11.8. The summed E-state index contributed by atoms with van der Waals surface area (Å²) < 4.78 is 0. The van der Waals surface area contributed by atoms with Crippen LogP contribution in [0.1, 0.15) is 12.5 Å². The minimum Gasteiger partial charge on any atom is -0.281 e. The highest BCUT2D eigenvalue weighted by atomic mass is 16.2. The summed E-state index contributed by atoms with van der Waals surface area (Å²) in [5, 5.41) is 0. The van der Waals surface area contributed by atoms with Crippen LogP contribution in [-0.4, -0.2) is 5.91 Å². The van der Waals surface area contributed by atoms with E-state index < -0.39 is 0 Å². The fourth-order valence-electron chi connectivity index (χ4n) is 1.82. The molecule has 0 atom stereocenters. The van der Waals surface area contributed by atoms with Crippen LogP contribution < -0.4 is 4.90 Å². The van der Waals surface area contributed by atoms with Crippen LogP contribution in [0.5, 0.6) is 0 Å². The summed E-state index contributed by atoms with van der Waals surface area (Å²) in [7, 11) is 0. The third kappa shape index (κ3) is 2.41. The number of rotatable bonds is 2. The van der Waals surface area contributed by atoms with Crippen LogP contribution >= 0.6 is 0 Å².